The Kier molecular flexibility index (Phi) is 4.61. The first-order valence-electron chi connectivity index (χ1n) is 7.61. The average molecular weight is 336 g/mol. The number of nitrogens with zero attached hydrogens (tertiary/aromatic N) is 2. The van der Waals surface area contributed by atoms with Crippen LogP contribution in [0.3, 0.4) is 0 Å². The van der Waals surface area contributed by atoms with E-state index in [1.165, 1.54) is 14.0 Å². The normalized spacial score (nSPS) is 10.3. The van der Waals surface area contributed by atoms with E-state index in [-0.39, 0.29) is 11.5 Å². The number of ether oxygens (including phenoxy) is 2. The second-order valence-corrected chi connectivity index (χ2v) is 5.30. The molecule has 0 atom stereocenters. The minimum Gasteiger partial charge on any atom is -0.493 e. The van der Waals surface area contributed by atoms with Gasteiger partial charge in [-0.1, -0.05) is 18.2 Å². The number of aromatic nitrogens is 2. The fraction of sp³-hybridized carbons (Fsp3) is 0.105. The number of hydrogen-bond acceptors (Lipinski definition) is 5. The van der Waals surface area contributed by atoms with Crippen LogP contribution >= 0.6 is 0 Å². The Morgan fingerprint density at radius 2 is 1.68 bits per heavy atom. The molecular formula is C19H16N2O4. The molecule has 0 fully saturated rings. The summed E-state index contributed by atoms with van der Waals surface area (Å²) in [5, 5.41) is 4.26. The molecule has 0 N–H and O–H groups in total. The number of carbonyl (C=O) groups excluding carboxylic acids is 2. The highest BCUT2D eigenvalue weighted by molar-refractivity contribution is 5.94. The smallest absolute Gasteiger partial charge is 0.368 e. The van der Waals surface area contributed by atoms with Gasteiger partial charge in [0.15, 0.2) is 11.5 Å². The largest absolute Gasteiger partial charge is 0.493 e. The number of benzene rings is 2. The van der Waals surface area contributed by atoms with Gasteiger partial charge >= 0.3 is 5.97 Å². The summed E-state index contributed by atoms with van der Waals surface area (Å²) in [7, 11) is 1.46. The van der Waals surface area contributed by atoms with Crippen molar-refractivity contribution >= 4 is 11.8 Å². The van der Waals surface area contributed by atoms with Crippen molar-refractivity contribution < 1.29 is 19.1 Å². The molecule has 3 aromatic rings. The van der Waals surface area contributed by atoms with Gasteiger partial charge in [-0.2, -0.15) is 5.10 Å². The highest BCUT2D eigenvalue weighted by Gasteiger charge is 2.20. The molecule has 6 heteroatoms. The molecule has 2 aromatic carbocycles. The Balaban J connectivity index is 1.84. The third-order valence-electron chi connectivity index (χ3n) is 3.59. The zero-order valence-corrected chi connectivity index (χ0v) is 13.8. The summed E-state index contributed by atoms with van der Waals surface area (Å²) < 4.78 is 12.1. The number of rotatable bonds is 5. The molecule has 0 saturated carbocycles. The van der Waals surface area contributed by atoms with Crippen molar-refractivity contribution in [2.24, 2.45) is 0 Å². The maximum absolute atomic E-state index is 12.4. The lowest BCUT2D eigenvalue weighted by molar-refractivity contribution is 0.0724. The van der Waals surface area contributed by atoms with E-state index in [1.807, 2.05) is 30.3 Å². The summed E-state index contributed by atoms with van der Waals surface area (Å²) in [6.07, 6.45) is 1.62. The van der Waals surface area contributed by atoms with E-state index in [9.17, 15) is 9.59 Å². The van der Waals surface area contributed by atoms with Crippen molar-refractivity contribution in [3.8, 4) is 17.2 Å². The van der Waals surface area contributed by atoms with Gasteiger partial charge in [0.25, 0.3) is 0 Å². The van der Waals surface area contributed by atoms with E-state index in [1.54, 1.807) is 35.1 Å². The predicted molar refractivity (Wildman–Crippen MR) is 91.5 cm³/mol. The Bertz CT molecular complexity index is 899. The molecule has 0 spiro atoms. The monoisotopic (exact) mass is 336 g/mol. The van der Waals surface area contributed by atoms with E-state index in [0.717, 1.165) is 5.69 Å². The van der Waals surface area contributed by atoms with Crippen LogP contribution in [0.2, 0.25) is 0 Å². The van der Waals surface area contributed by atoms with E-state index >= 15 is 0 Å². The summed E-state index contributed by atoms with van der Waals surface area (Å²) in [6.45, 7) is 1.47. The van der Waals surface area contributed by atoms with Gasteiger partial charge < -0.3 is 9.47 Å². The van der Waals surface area contributed by atoms with Crippen molar-refractivity contribution in [2.45, 2.75) is 6.92 Å². The summed E-state index contributed by atoms with van der Waals surface area (Å²) in [5.41, 5.74) is 1.42. The fourth-order valence-corrected chi connectivity index (χ4v) is 2.27. The minimum absolute atomic E-state index is 0.0545. The Labute approximate surface area is 144 Å². The molecule has 0 amide bonds. The first-order valence-corrected chi connectivity index (χ1v) is 7.61. The number of methoxy groups -OCH3 is 1. The van der Waals surface area contributed by atoms with Crippen LogP contribution in [0.1, 0.15) is 27.8 Å². The number of para-hydroxylation sites is 1. The molecule has 1 aromatic heterocycles. The third-order valence-corrected chi connectivity index (χ3v) is 3.59. The van der Waals surface area contributed by atoms with Crippen LogP contribution in [0.25, 0.3) is 5.69 Å². The Morgan fingerprint density at radius 3 is 2.28 bits per heavy atom. The van der Waals surface area contributed by atoms with Crippen molar-refractivity contribution in [2.75, 3.05) is 7.11 Å². The van der Waals surface area contributed by atoms with Crippen molar-refractivity contribution in [1.82, 2.24) is 9.78 Å². The van der Waals surface area contributed by atoms with Crippen LogP contribution in [0.4, 0.5) is 0 Å². The van der Waals surface area contributed by atoms with Crippen molar-refractivity contribution in [3.63, 3.8) is 0 Å². The first-order chi connectivity index (χ1) is 12.1. The number of carbonyl (C=O) groups is 2. The quantitative estimate of drug-likeness (QED) is 0.406. The lowest BCUT2D eigenvalue weighted by Crippen LogP contribution is -2.11. The Hall–Kier alpha value is -3.41. The van der Waals surface area contributed by atoms with Crippen LogP contribution in [-0.2, 0) is 0 Å². The maximum Gasteiger partial charge on any atom is 0.368 e. The lowest BCUT2D eigenvalue weighted by Gasteiger charge is -2.04. The molecular weight excluding hydrogens is 320 g/mol. The average Bonchev–Trinajstić information content (AvgIpc) is 3.07. The lowest BCUT2D eigenvalue weighted by atomic mass is 10.1. The molecule has 0 radical (unpaired) electrons. The first kappa shape index (κ1) is 16.4. The number of esters is 1. The van der Waals surface area contributed by atoms with Crippen LogP contribution in [-0.4, -0.2) is 28.6 Å². The third kappa shape index (κ3) is 3.58. The van der Waals surface area contributed by atoms with E-state index in [2.05, 4.69) is 5.10 Å². The minimum atomic E-state index is -0.637. The molecule has 0 saturated heterocycles. The fourth-order valence-electron chi connectivity index (χ4n) is 2.27. The van der Waals surface area contributed by atoms with E-state index in [4.69, 9.17) is 9.47 Å². The van der Waals surface area contributed by atoms with Gasteiger partial charge in [0.1, 0.15) is 5.75 Å². The molecule has 126 valence electrons. The summed E-state index contributed by atoms with van der Waals surface area (Å²) in [4.78, 5) is 23.7. The van der Waals surface area contributed by atoms with Gasteiger partial charge in [0.2, 0.25) is 5.69 Å². The van der Waals surface area contributed by atoms with Gasteiger partial charge in [-0.25, -0.2) is 9.48 Å². The van der Waals surface area contributed by atoms with E-state index in [0.29, 0.717) is 17.1 Å². The van der Waals surface area contributed by atoms with Crippen LogP contribution in [0.5, 0.6) is 11.5 Å². The van der Waals surface area contributed by atoms with Gasteiger partial charge in [-0.15, -0.1) is 0 Å². The molecule has 0 aliphatic carbocycles. The highest BCUT2D eigenvalue weighted by Crippen LogP contribution is 2.22. The second kappa shape index (κ2) is 7.00. The van der Waals surface area contributed by atoms with Crippen LogP contribution in [0, 0.1) is 0 Å². The van der Waals surface area contributed by atoms with Gasteiger partial charge in [0, 0.05) is 5.56 Å². The van der Waals surface area contributed by atoms with Crippen molar-refractivity contribution in [3.05, 3.63) is 72.1 Å². The van der Waals surface area contributed by atoms with E-state index < -0.39 is 5.97 Å². The second-order valence-electron chi connectivity index (χ2n) is 5.30. The van der Waals surface area contributed by atoms with Gasteiger partial charge in [0.05, 0.1) is 19.0 Å². The maximum atomic E-state index is 12.4. The van der Waals surface area contributed by atoms with Crippen LogP contribution < -0.4 is 9.47 Å². The van der Waals surface area contributed by atoms with Crippen LogP contribution in [0.15, 0.2) is 60.8 Å². The summed E-state index contributed by atoms with van der Waals surface area (Å²) in [5.74, 6) is -0.0521. The number of Topliss-reactive ketones (excluding diaryl/α,β-unsaturated/α-hetero) is 1. The van der Waals surface area contributed by atoms with Crippen molar-refractivity contribution in [1.29, 1.82) is 0 Å². The topological polar surface area (TPSA) is 70.4 Å². The predicted octanol–water partition coefficient (Wildman–Crippen LogP) is 3.30. The molecule has 0 unspecified atom stereocenters. The molecule has 6 nitrogen and oxygen atoms in total. The number of ketones is 1. The SMILES string of the molecule is COc1cn(-c2ccccc2)nc1C(=O)Oc1ccc(C(C)=O)cc1. The number of hydrogen-bond donors (Lipinski definition) is 0. The zero-order chi connectivity index (χ0) is 17.8. The molecule has 3 rings (SSSR count). The summed E-state index contributed by atoms with van der Waals surface area (Å²) >= 11 is 0. The molecule has 1 heterocycles. The molecule has 25 heavy (non-hydrogen) atoms. The molecule has 0 aliphatic heterocycles. The van der Waals surface area contributed by atoms with Gasteiger partial charge in [-0.05, 0) is 43.3 Å². The zero-order valence-electron chi connectivity index (χ0n) is 13.8. The summed E-state index contributed by atoms with van der Waals surface area (Å²) in [6, 6.07) is 15.7. The standard InChI is InChI=1S/C19H16N2O4/c1-13(22)14-8-10-16(11-9-14)25-19(23)18-17(24-2)12-21(20-18)15-6-4-3-5-7-15/h3-12H,1-2H3. The molecule has 0 aliphatic rings. The molecule has 0 bridgehead atoms. The highest BCUT2D eigenvalue weighted by atomic mass is 16.5. The Morgan fingerprint density at radius 1 is 1.00 bits per heavy atom. The van der Waals surface area contributed by atoms with Gasteiger partial charge in [-0.3, -0.25) is 4.79 Å².